The molecule has 2 heteroatoms. The lowest BCUT2D eigenvalue weighted by molar-refractivity contribution is 0.0997. The van der Waals surface area contributed by atoms with Crippen molar-refractivity contribution in [3.8, 4) is 0 Å². The summed E-state index contributed by atoms with van der Waals surface area (Å²) in [6.45, 7) is 8.26. The van der Waals surface area contributed by atoms with Gasteiger partial charge in [-0.2, -0.15) is 0 Å². The second kappa shape index (κ2) is 5.65. The van der Waals surface area contributed by atoms with Crippen LogP contribution in [0.25, 0.3) is 0 Å². The molecule has 1 N–H and O–H groups in total. The highest BCUT2D eigenvalue weighted by Gasteiger charge is 2.38. The zero-order chi connectivity index (χ0) is 12.1. The van der Waals surface area contributed by atoms with Crippen molar-refractivity contribution in [3.05, 3.63) is 35.4 Å². The molecule has 94 valence electrons. The van der Waals surface area contributed by atoms with Crippen molar-refractivity contribution in [3.63, 3.8) is 0 Å². The zero-order valence-electron chi connectivity index (χ0n) is 11.0. The summed E-state index contributed by atoms with van der Waals surface area (Å²) in [5.41, 5.74) is 3.14. The quantitative estimate of drug-likeness (QED) is 0.763. The average Bonchev–Trinajstić information content (AvgIpc) is 2.27. The fourth-order valence-electron chi connectivity index (χ4n) is 2.44. The molecule has 1 aromatic carbocycles. The standard InChI is InChI=1S/C15H23NO/c1-3-8-17-9-7-15(11-16-12-15)14-6-4-5-13(2)10-14/h4-6,10,16H,3,7-9,11-12H2,1-2H3. The van der Waals surface area contributed by atoms with Crippen molar-refractivity contribution >= 4 is 0 Å². The molecule has 1 aliphatic heterocycles. The molecule has 1 fully saturated rings. The molecule has 0 bridgehead atoms. The fourth-order valence-corrected chi connectivity index (χ4v) is 2.44. The first-order chi connectivity index (χ1) is 8.27. The number of ether oxygens (including phenoxy) is 1. The van der Waals surface area contributed by atoms with E-state index in [1.54, 1.807) is 0 Å². The van der Waals surface area contributed by atoms with Crippen LogP contribution in [0.15, 0.2) is 24.3 Å². The smallest absolute Gasteiger partial charge is 0.0475 e. The van der Waals surface area contributed by atoms with E-state index in [0.717, 1.165) is 39.1 Å². The Morgan fingerprint density at radius 2 is 2.12 bits per heavy atom. The second-order valence-corrected chi connectivity index (χ2v) is 5.12. The van der Waals surface area contributed by atoms with Gasteiger partial charge in [0.15, 0.2) is 0 Å². The Labute approximate surface area is 104 Å². The fraction of sp³-hybridized carbons (Fsp3) is 0.600. The lowest BCUT2D eigenvalue weighted by Crippen LogP contribution is -2.57. The number of nitrogens with one attached hydrogen (secondary N) is 1. The Kier molecular flexibility index (Phi) is 4.19. The lowest BCUT2D eigenvalue weighted by atomic mass is 9.72. The van der Waals surface area contributed by atoms with Crippen LogP contribution in [0.3, 0.4) is 0 Å². The maximum absolute atomic E-state index is 5.64. The van der Waals surface area contributed by atoms with Gasteiger partial charge in [-0.3, -0.25) is 0 Å². The number of aryl methyl sites for hydroxylation is 1. The molecule has 2 nitrogen and oxygen atoms in total. The van der Waals surface area contributed by atoms with Crippen molar-refractivity contribution in [1.29, 1.82) is 0 Å². The maximum atomic E-state index is 5.64. The second-order valence-electron chi connectivity index (χ2n) is 5.12. The third-order valence-corrected chi connectivity index (χ3v) is 3.63. The van der Waals surface area contributed by atoms with Gasteiger partial charge in [-0.15, -0.1) is 0 Å². The summed E-state index contributed by atoms with van der Waals surface area (Å²) in [7, 11) is 0. The first-order valence-corrected chi connectivity index (χ1v) is 6.62. The van der Waals surface area contributed by atoms with Gasteiger partial charge in [0, 0.05) is 31.7 Å². The molecule has 0 saturated carbocycles. The molecule has 0 aliphatic carbocycles. The van der Waals surface area contributed by atoms with Gasteiger partial charge in [0.2, 0.25) is 0 Å². The molecule has 1 aliphatic rings. The molecular weight excluding hydrogens is 210 g/mol. The Bertz CT molecular complexity index is 358. The van der Waals surface area contributed by atoms with Crippen LogP contribution in [0.5, 0.6) is 0 Å². The zero-order valence-corrected chi connectivity index (χ0v) is 11.0. The summed E-state index contributed by atoms with van der Waals surface area (Å²) in [5, 5.41) is 3.41. The average molecular weight is 233 g/mol. The predicted molar refractivity (Wildman–Crippen MR) is 71.5 cm³/mol. The molecule has 0 unspecified atom stereocenters. The van der Waals surface area contributed by atoms with E-state index < -0.39 is 0 Å². The van der Waals surface area contributed by atoms with Crippen LogP contribution >= 0.6 is 0 Å². The van der Waals surface area contributed by atoms with Gasteiger partial charge >= 0.3 is 0 Å². The van der Waals surface area contributed by atoms with Gasteiger partial charge in [0.25, 0.3) is 0 Å². The van der Waals surface area contributed by atoms with Crippen molar-refractivity contribution in [1.82, 2.24) is 5.32 Å². The molecule has 1 saturated heterocycles. The van der Waals surface area contributed by atoms with E-state index in [9.17, 15) is 0 Å². The normalized spacial score (nSPS) is 17.8. The summed E-state index contributed by atoms with van der Waals surface area (Å²) in [6.07, 6.45) is 2.24. The molecule has 1 aromatic rings. The topological polar surface area (TPSA) is 21.3 Å². The number of rotatable bonds is 6. The third kappa shape index (κ3) is 2.88. The molecule has 0 atom stereocenters. The van der Waals surface area contributed by atoms with Crippen LogP contribution in [0.1, 0.15) is 30.9 Å². The lowest BCUT2D eigenvalue weighted by Gasteiger charge is -2.43. The van der Waals surface area contributed by atoms with Crippen molar-refractivity contribution in [2.45, 2.75) is 32.1 Å². The Balaban J connectivity index is 1.99. The monoisotopic (exact) mass is 233 g/mol. The van der Waals surface area contributed by atoms with E-state index >= 15 is 0 Å². The van der Waals surface area contributed by atoms with Gasteiger partial charge < -0.3 is 10.1 Å². The van der Waals surface area contributed by atoms with E-state index in [1.165, 1.54) is 11.1 Å². The summed E-state index contributed by atoms with van der Waals surface area (Å²) in [4.78, 5) is 0. The number of hydrogen-bond donors (Lipinski definition) is 1. The maximum Gasteiger partial charge on any atom is 0.0475 e. The van der Waals surface area contributed by atoms with Crippen molar-refractivity contribution in [2.24, 2.45) is 0 Å². The van der Waals surface area contributed by atoms with Crippen LogP contribution < -0.4 is 5.32 Å². The minimum Gasteiger partial charge on any atom is -0.381 e. The van der Waals surface area contributed by atoms with Crippen LogP contribution in [-0.2, 0) is 10.2 Å². The summed E-state index contributed by atoms with van der Waals surface area (Å²) >= 11 is 0. The van der Waals surface area contributed by atoms with Crippen molar-refractivity contribution < 1.29 is 4.74 Å². The van der Waals surface area contributed by atoms with E-state index in [1.807, 2.05) is 0 Å². The number of hydrogen-bond acceptors (Lipinski definition) is 2. The van der Waals surface area contributed by atoms with E-state index in [4.69, 9.17) is 4.74 Å². The summed E-state index contributed by atoms with van der Waals surface area (Å²) in [6, 6.07) is 8.91. The molecule has 0 spiro atoms. The molecular formula is C15H23NO. The first kappa shape index (κ1) is 12.6. The first-order valence-electron chi connectivity index (χ1n) is 6.62. The van der Waals surface area contributed by atoms with E-state index in [0.29, 0.717) is 5.41 Å². The van der Waals surface area contributed by atoms with Gasteiger partial charge in [0.1, 0.15) is 0 Å². The largest absolute Gasteiger partial charge is 0.381 e. The minimum atomic E-state index is 0.319. The highest BCUT2D eigenvalue weighted by molar-refractivity contribution is 5.33. The molecule has 17 heavy (non-hydrogen) atoms. The highest BCUT2D eigenvalue weighted by Crippen LogP contribution is 2.32. The SMILES string of the molecule is CCCOCCC1(c2cccc(C)c2)CNC1. The molecule has 2 rings (SSSR count). The number of benzene rings is 1. The Morgan fingerprint density at radius 1 is 1.29 bits per heavy atom. The highest BCUT2D eigenvalue weighted by atomic mass is 16.5. The van der Waals surface area contributed by atoms with Crippen LogP contribution in [0.2, 0.25) is 0 Å². The van der Waals surface area contributed by atoms with Gasteiger partial charge in [-0.1, -0.05) is 36.8 Å². The van der Waals surface area contributed by atoms with Crippen LogP contribution in [-0.4, -0.2) is 26.3 Å². The molecule has 0 amide bonds. The minimum absolute atomic E-state index is 0.319. The third-order valence-electron chi connectivity index (χ3n) is 3.63. The van der Waals surface area contributed by atoms with E-state index in [2.05, 4.69) is 43.4 Å². The van der Waals surface area contributed by atoms with Crippen LogP contribution in [0, 0.1) is 6.92 Å². The van der Waals surface area contributed by atoms with Gasteiger partial charge in [-0.25, -0.2) is 0 Å². The van der Waals surface area contributed by atoms with Crippen molar-refractivity contribution in [2.75, 3.05) is 26.3 Å². The summed E-state index contributed by atoms with van der Waals surface area (Å²) in [5.74, 6) is 0. The Morgan fingerprint density at radius 3 is 2.71 bits per heavy atom. The van der Waals surface area contributed by atoms with Crippen LogP contribution in [0.4, 0.5) is 0 Å². The van der Waals surface area contributed by atoms with Gasteiger partial charge in [0.05, 0.1) is 0 Å². The summed E-state index contributed by atoms with van der Waals surface area (Å²) < 4.78 is 5.64. The molecule has 0 aromatic heterocycles. The molecule has 1 heterocycles. The van der Waals surface area contributed by atoms with E-state index in [-0.39, 0.29) is 0 Å². The van der Waals surface area contributed by atoms with Gasteiger partial charge in [-0.05, 0) is 25.3 Å². The Hall–Kier alpha value is -0.860. The predicted octanol–water partition coefficient (Wildman–Crippen LogP) is 2.65. The molecule has 0 radical (unpaired) electrons.